The third-order valence-electron chi connectivity index (χ3n) is 4.05. The molecule has 4 nitrogen and oxygen atoms in total. The number of ketones is 1. The van der Waals surface area contributed by atoms with Crippen molar-refractivity contribution in [2.75, 3.05) is 11.7 Å². The topological polar surface area (TPSA) is 38.8 Å². The number of Topliss-reactive ketones (excluding diaryl/α,β-unsaturated/α-hetero) is 1. The van der Waals surface area contributed by atoms with Gasteiger partial charge in [-0.25, -0.2) is 5.06 Å². The Bertz CT molecular complexity index is 566. The second kappa shape index (κ2) is 4.10. The lowest BCUT2D eigenvalue weighted by Gasteiger charge is -2.30. The Morgan fingerprint density at radius 3 is 3.00 bits per heavy atom. The highest BCUT2D eigenvalue weighted by atomic mass is 16.7. The van der Waals surface area contributed by atoms with Crippen molar-refractivity contribution in [2.24, 2.45) is 0 Å². The van der Waals surface area contributed by atoms with Gasteiger partial charge in [-0.05, 0) is 30.5 Å². The molecule has 98 valence electrons. The first kappa shape index (κ1) is 11.1. The maximum absolute atomic E-state index is 12.3. The number of para-hydroxylation sites is 1. The van der Waals surface area contributed by atoms with Crippen molar-refractivity contribution < 1.29 is 14.4 Å². The Labute approximate surface area is 111 Å². The van der Waals surface area contributed by atoms with Crippen molar-refractivity contribution in [3.63, 3.8) is 0 Å². The van der Waals surface area contributed by atoms with Gasteiger partial charge in [0.15, 0.2) is 11.9 Å². The van der Waals surface area contributed by atoms with Gasteiger partial charge in [-0.2, -0.15) is 0 Å². The van der Waals surface area contributed by atoms with Crippen LogP contribution in [-0.2, 0) is 9.57 Å². The van der Waals surface area contributed by atoms with Crippen molar-refractivity contribution in [3.05, 3.63) is 41.7 Å². The second-order valence-electron chi connectivity index (χ2n) is 5.22. The van der Waals surface area contributed by atoms with E-state index >= 15 is 0 Å². The Morgan fingerprint density at radius 1 is 1.26 bits per heavy atom. The molecule has 0 spiro atoms. The molecule has 2 atom stereocenters. The molecule has 4 heteroatoms. The smallest absolute Gasteiger partial charge is 0.196 e. The molecule has 0 N–H and O–H groups in total. The first-order valence-corrected chi connectivity index (χ1v) is 6.74. The largest absolute Gasteiger partial charge is 0.501 e. The summed E-state index contributed by atoms with van der Waals surface area (Å²) in [5.41, 5.74) is 2.90. The van der Waals surface area contributed by atoms with Gasteiger partial charge in [-0.1, -0.05) is 12.1 Å². The average Bonchev–Trinajstić information content (AvgIpc) is 2.88. The molecule has 1 saturated heterocycles. The van der Waals surface area contributed by atoms with Crippen LogP contribution in [0.3, 0.4) is 0 Å². The molecule has 3 aliphatic heterocycles. The lowest BCUT2D eigenvalue weighted by molar-refractivity contribution is 0.0506. The summed E-state index contributed by atoms with van der Waals surface area (Å²) in [7, 11) is 0. The van der Waals surface area contributed by atoms with E-state index in [-0.39, 0.29) is 17.9 Å². The van der Waals surface area contributed by atoms with E-state index < -0.39 is 0 Å². The van der Waals surface area contributed by atoms with Crippen LogP contribution in [0.15, 0.2) is 36.1 Å². The summed E-state index contributed by atoms with van der Waals surface area (Å²) in [5, 5.41) is 1.90. The number of benzene rings is 1. The number of hydrogen-bond acceptors (Lipinski definition) is 4. The molecule has 0 saturated carbocycles. The first-order chi connectivity index (χ1) is 9.34. The zero-order chi connectivity index (χ0) is 12.8. The van der Waals surface area contributed by atoms with E-state index in [0.29, 0.717) is 0 Å². The third-order valence-corrected chi connectivity index (χ3v) is 4.05. The van der Waals surface area contributed by atoms with Crippen LogP contribution in [0, 0.1) is 0 Å². The number of hydroxylamine groups is 1. The molecule has 0 aliphatic carbocycles. The van der Waals surface area contributed by atoms with Gasteiger partial charge < -0.3 is 4.74 Å². The van der Waals surface area contributed by atoms with Crippen molar-refractivity contribution in [3.8, 4) is 0 Å². The number of fused-ring (bicyclic) bond motifs is 4. The number of nitrogens with zero attached hydrogens (tertiary/aromatic N) is 1. The number of carbonyl (C=O) groups is 1. The molecule has 0 amide bonds. The number of carbonyl (C=O) groups excluding carboxylic acids is 1. The predicted molar refractivity (Wildman–Crippen MR) is 69.8 cm³/mol. The molecule has 4 rings (SSSR count). The quantitative estimate of drug-likeness (QED) is 0.774. The molecule has 1 fully saturated rings. The fraction of sp³-hybridized carbons (Fsp3) is 0.400. The maximum Gasteiger partial charge on any atom is 0.196 e. The minimum Gasteiger partial charge on any atom is -0.501 e. The van der Waals surface area contributed by atoms with Crippen LogP contribution in [0.25, 0.3) is 0 Å². The highest BCUT2D eigenvalue weighted by Gasteiger charge is 2.45. The van der Waals surface area contributed by atoms with E-state index in [4.69, 9.17) is 9.57 Å². The molecule has 1 aromatic carbocycles. The highest BCUT2D eigenvalue weighted by Crippen LogP contribution is 2.41. The molecule has 0 unspecified atom stereocenters. The fourth-order valence-electron chi connectivity index (χ4n) is 3.11. The van der Waals surface area contributed by atoms with Crippen LogP contribution < -0.4 is 5.06 Å². The molecule has 0 radical (unpaired) electrons. The second-order valence-corrected chi connectivity index (χ2v) is 5.22. The van der Waals surface area contributed by atoms with E-state index in [0.717, 1.165) is 37.1 Å². The first-order valence-electron chi connectivity index (χ1n) is 6.74. The number of hydrogen-bond donors (Lipinski definition) is 0. The van der Waals surface area contributed by atoms with Crippen LogP contribution in [0.4, 0.5) is 5.69 Å². The van der Waals surface area contributed by atoms with E-state index in [9.17, 15) is 4.79 Å². The summed E-state index contributed by atoms with van der Waals surface area (Å²) < 4.78 is 5.43. The SMILES string of the molecule is O=C1c2ccccc2N2O[C@@H]1C[C@@H]2C1=COCCC1. The van der Waals surface area contributed by atoms with Crippen molar-refractivity contribution in [1.82, 2.24) is 0 Å². The van der Waals surface area contributed by atoms with Gasteiger partial charge in [0.25, 0.3) is 0 Å². The van der Waals surface area contributed by atoms with E-state index in [1.165, 1.54) is 5.57 Å². The van der Waals surface area contributed by atoms with Gasteiger partial charge in [0.2, 0.25) is 0 Å². The Morgan fingerprint density at radius 2 is 2.16 bits per heavy atom. The minimum atomic E-state index is -0.331. The Kier molecular flexibility index (Phi) is 2.38. The van der Waals surface area contributed by atoms with E-state index in [1.54, 1.807) is 0 Å². The van der Waals surface area contributed by atoms with Crippen LogP contribution in [-0.4, -0.2) is 24.5 Å². The van der Waals surface area contributed by atoms with Crippen molar-refractivity contribution in [2.45, 2.75) is 31.4 Å². The predicted octanol–water partition coefficient (Wildman–Crippen LogP) is 2.46. The van der Waals surface area contributed by atoms with Crippen molar-refractivity contribution in [1.29, 1.82) is 0 Å². The van der Waals surface area contributed by atoms with Crippen LogP contribution >= 0.6 is 0 Å². The van der Waals surface area contributed by atoms with Crippen LogP contribution in [0.1, 0.15) is 29.6 Å². The molecule has 1 aromatic rings. The van der Waals surface area contributed by atoms with E-state index in [1.807, 2.05) is 35.6 Å². The lowest BCUT2D eigenvalue weighted by Crippen LogP contribution is -2.35. The fourth-order valence-corrected chi connectivity index (χ4v) is 3.11. The molecule has 0 aromatic heterocycles. The summed E-state index contributed by atoms with van der Waals surface area (Å²) in [6.07, 6.45) is 4.31. The number of rotatable bonds is 1. The summed E-state index contributed by atoms with van der Waals surface area (Å²) in [5.74, 6) is 0.103. The molecular weight excluding hydrogens is 242 g/mol. The monoisotopic (exact) mass is 257 g/mol. The van der Waals surface area contributed by atoms with Gasteiger partial charge in [-0.3, -0.25) is 9.63 Å². The summed E-state index contributed by atoms with van der Waals surface area (Å²) in [4.78, 5) is 18.1. The standard InChI is InChI=1S/C15H15NO3/c17-15-11-5-1-2-6-12(11)16-13(8-14(15)19-16)10-4-3-7-18-9-10/h1-2,5-6,9,13-14H,3-4,7-8H2/t13-,14-/m1/s1. The zero-order valence-corrected chi connectivity index (χ0v) is 10.5. The van der Waals surface area contributed by atoms with Crippen molar-refractivity contribution >= 4 is 11.5 Å². The minimum absolute atomic E-state index is 0.103. The highest BCUT2D eigenvalue weighted by molar-refractivity contribution is 6.06. The van der Waals surface area contributed by atoms with Gasteiger partial charge in [0, 0.05) is 12.0 Å². The molecule has 2 bridgehead atoms. The number of anilines is 1. The molecular formula is C15H15NO3. The van der Waals surface area contributed by atoms with Gasteiger partial charge in [-0.15, -0.1) is 0 Å². The molecule has 19 heavy (non-hydrogen) atoms. The Balaban J connectivity index is 1.76. The van der Waals surface area contributed by atoms with Gasteiger partial charge >= 0.3 is 0 Å². The third kappa shape index (κ3) is 1.60. The normalized spacial score (nSPS) is 28.7. The molecule has 3 aliphatic rings. The van der Waals surface area contributed by atoms with Crippen LogP contribution in [0.2, 0.25) is 0 Å². The maximum atomic E-state index is 12.3. The lowest BCUT2D eigenvalue weighted by atomic mass is 9.97. The van der Waals surface area contributed by atoms with E-state index in [2.05, 4.69) is 0 Å². The molecule has 3 heterocycles. The summed E-state index contributed by atoms with van der Waals surface area (Å²) in [6.45, 7) is 0.788. The van der Waals surface area contributed by atoms with Gasteiger partial charge in [0.05, 0.1) is 24.6 Å². The Hall–Kier alpha value is -1.81. The summed E-state index contributed by atoms with van der Waals surface area (Å²) >= 11 is 0. The van der Waals surface area contributed by atoms with Crippen LogP contribution in [0.5, 0.6) is 0 Å². The summed E-state index contributed by atoms with van der Waals surface area (Å²) in [6, 6.07) is 7.82. The zero-order valence-electron chi connectivity index (χ0n) is 10.5. The number of ether oxygens (including phenoxy) is 1. The van der Waals surface area contributed by atoms with Gasteiger partial charge in [0.1, 0.15) is 0 Å². The average molecular weight is 257 g/mol.